The molecule has 10 heteroatoms. The number of hydrogen-bond acceptors (Lipinski definition) is 7. The second kappa shape index (κ2) is 8.52. The maximum atomic E-state index is 12.5. The Morgan fingerprint density at radius 3 is 2.38 bits per heavy atom. The van der Waals surface area contributed by atoms with Gasteiger partial charge in [-0.3, -0.25) is 4.79 Å². The molecule has 0 spiro atoms. The summed E-state index contributed by atoms with van der Waals surface area (Å²) in [6.45, 7) is -0.899. The van der Waals surface area contributed by atoms with Gasteiger partial charge in [-0.05, 0) is 30.3 Å². The van der Waals surface area contributed by atoms with Crippen molar-refractivity contribution in [1.82, 2.24) is 4.72 Å². The highest BCUT2D eigenvalue weighted by molar-refractivity contribution is 7.89. The van der Waals surface area contributed by atoms with Crippen LogP contribution in [0.1, 0.15) is 0 Å². The summed E-state index contributed by atoms with van der Waals surface area (Å²) < 4.78 is 31.9. The standard InChI is InChI=1S/C16H17N3O6S/c1-25-14-8-7-12(18-17-11-5-3-2-4-6-11)9-15(14)26(23,24)19-13(10-20)16(21)22/h2-9,13,19-20H,10H2,1H3,(H,21,22)/t13-/m0/s1. The zero-order chi connectivity index (χ0) is 19.2. The second-order valence-corrected chi connectivity index (χ2v) is 6.75. The minimum absolute atomic E-state index is 0.00163. The summed E-state index contributed by atoms with van der Waals surface area (Å²) in [6, 6.07) is 11.2. The number of azo groups is 1. The van der Waals surface area contributed by atoms with Crippen LogP contribution in [-0.2, 0) is 14.8 Å². The maximum absolute atomic E-state index is 12.5. The molecule has 0 fully saturated rings. The van der Waals surface area contributed by atoms with Crippen LogP contribution in [-0.4, -0.2) is 44.4 Å². The number of aliphatic hydroxyl groups is 1. The molecule has 0 bridgehead atoms. The van der Waals surface area contributed by atoms with Crippen LogP contribution >= 0.6 is 0 Å². The van der Waals surface area contributed by atoms with E-state index in [1.54, 1.807) is 24.3 Å². The van der Waals surface area contributed by atoms with Gasteiger partial charge in [-0.25, -0.2) is 8.42 Å². The van der Waals surface area contributed by atoms with Gasteiger partial charge in [0.05, 0.1) is 25.1 Å². The number of carbonyl (C=O) groups is 1. The Labute approximate surface area is 150 Å². The average molecular weight is 379 g/mol. The topological polar surface area (TPSA) is 138 Å². The van der Waals surface area contributed by atoms with E-state index in [2.05, 4.69) is 10.2 Å². The molecule has 26 heavy (non-hydrogen) atoms. The Kier molecular flexibility index (Phi) is 6.39. The molecule has 9 nitrogen and oxygen atoms in total. The van der Waals surface area contributed by atoms with Crippen molar-refractivity contribution in [3.63, 3.8) is 0 Å². The molecule has 2 rings (SSSR count). The van der Waals surface area contributed by atoms with E-state index in [4.69, 9.17) is 14.9 Å². The minimum atomic E-state index is -4.28. The minimum Gasteiger partial charge on any atom is -0.495 e. The first kappa shape index (κ1) is 19.5. The van der Waals surface area contributed by atoms with Crippen LogP contribution in [0, 0.1) is 0 Å². The van der Waals surface area contributed by atoms with Crippen molar-refractivity contribution >= 4 is 27.4 Å². The number of hydrogen-bond donors (Lipinski definition) is 3. The highest BCUT2D eigenvalue weighted by atomic mass is 32.2. The van der Waals surface area contributed by atoms with Crippen molar-refractivity contribution < 1.29 is 28.2 Å². The molecule has 0 aliphatic heterocycles. The molecule has 0 heterocycles. The normalized spacial score (nSPS) is 12.8. The Balaban J connectivity index is 2.37. The van der Waals surface area contributed by atoms with Crippen LogP contribution in [0.25, 0.3) is 0 Å². The lowest BCUT2D eigenvalue weighted by Gasteiger charge is -2.14. The molecule has 138 valence electrons. The van der Waals surface area contributed by atoms with Crippen LogP contribution in [0.4, 0.5) is 11.4 Å². The predicted molar refractivity (Wildman–Crippen MR) is 92.4 cm³/mol. The van der Waals surface area contributed by atoms with Gasteiger partial charge >= 0.3 is 5.97 Å². The Hall–Kier alpha value is -2.82. The fourth-order valence-electron chi connectivity index (χ4n) is 1.96. The predicted octanol–water partition coefficient (Wildman–Crippen LogP) is 1.83. The summed E-state index contributed by atoms with van der Waals surface area (Å²) >= 11 is 0. The van der Waals surface area contributed by atoms with Gasteiger partial charge in [-0.15, -0.1) is 0 Å². The number of aliphatic hydroxyl groups excluding tert-OH is 1. The zero-order valence-electron chi connectivity index (χ0n) is 13.7. The molecule has 0 aliphatic rings. The van der Waals surface area contributed by atoms with Gasteiger partial charge in [-0.2, -0.15) is 15.0 Å². The molecule has 2 aromatic rings. The van der Waals surface area contributed by atoms with Crippen LogP contribution in [0.2, 0.25) is 0 Å². The number of benzene rings is 2. The molecule has 2 aromatic carbocycles. The fourth-order valence-corrected chi connectivity index (χ4v) is 3.33. The van der Waals surface area contributed by atoms with Crippen LogP contribution < -0.4 is 9.46 Å². The van der Waals surface area contributed by atoms with Crippen LogP contribution in [0.5, 0.6) is 5.75 Å². The third-order valence-electron chi connectivity index (χ3n) is 3.25. The maximum Gasteiger partial charge on any atom is 0.324 e. The Morgan fingerprint density at radius 2 is 1.81 bits per heavy atom. The van der Waals surface area contributed by atoms with Gasteiger partial charge in [-0.1, -0.05) is 18.2 Å². The van der Waals surface area contributed by atoms with Crippen LogP contribution in [0.15, 0.2) is 63.7 Å². The van der Waals surface area contributed by atoms with Gasteiger partial charge < -0.3 is 14.9 Å². The molecule has 0 amide bonds. The van der Waals surface area contributed by atoms with Crippen molar-refractivity contribution in [2.45, 2.75) is 10.9 Å². The van der Waals surface area contributed by atoms with E-state index in [0.717, 1.165) is 0 Å². The van der Waals surface area contributed by atoms with Crippen molar-refractivity contribution in [2.75, 3.05) is 13.7 Å². The van der Waals surface area contributed by atoms with E-state index in [0.29, 0.717) is 5.69 Å². The lowest BCUT2D eigenvalue weighted by Crippen LogP contribution is -2.43. The summed E-state index contributed by atoms with van der Waals surface area (Å²) in [6.07, 6.45) is 0. The highest BCUT2D eigenvalue weighted by Gasteiger charge is 2.27. The van der Waals surface area contributed by atoms with E-state index in [1.807, 2.05) is 10.8 Å². The van der Waals surface area contributed by atoms with Crippen molar-refractivity contribution in [3.05, 3.63) is 48.5 Å². The number of nitrogens with zero attached hydrogens (tertiary/aromatic N) is 2. The molecular formula is C16H17N3O6S. The van der Waals surface area contributed by atoms with Crippen molar-refractivity contribution in [1.29, 1.82) is 0 Å². The lowest BCUT2D eigenvalue weighted by atomic mass is 10.3. The number of ether oxygens (including phenoxy) is 1. The molecular weight excluding hydrogens is 362 g/mol. The van der Waals surface area contributed by atoms with E-state index < -0.39 is 28.6 Å². The molecule has 0 aliphatic carbocycles. The zero-order valence-corrected chi connectivity index (χ0v) is 14.5. The second-order valence-electron chi connectivity index (χ2n) is 5.07. The SMILES string of the molecule is COc1ccc(N=Nc2ccccc2)cc1S(=O)(=O)N[C@@H](CO)C(=O)O. The lowest BCUT2D eigenvalue weighted by molar-refractivity contribution is -0.139. The largest absolute Gasteiger partial charge is 0.495 e. The van der Waals surface area contributed by atoms with Gasteiger partial charge in [0.25, 0.3) is 0 Å². The van der Waals surface area contributed by atoms with E-state index in [9.17, 15) is 13.2 Å². The third-order valence-corrected chi connectivity index (χ3v) is 4.74. The molecule has 0 unspecified atom stereocenters. The Bertz CT molecular complexity index is 899. The van der Waals surface area contributed by atoms with Gasteiger partial charge in [0.1, 0.15) is 16.7 Å². The molecule has 3 N–H and O–H groups in total. The molecule has 0 radical (unpaired) electrons. The van der Waals surface area contributed by atoms with Gasteiger partial charge in [0.15, 0.2) is 0 Å². The van der Waals surface area contributed by atoms with Gasteiger partial charge in [0, 0.05) is 0 Å². The summed E-state index contributed by atoms with van der Waals surface area (Å²) in [5, 5.41) is 25.9. The number of carboxylic acids is 1. The number of carboxylic acid groups (broad SMARTS) is 1. The monoisotopic (exact) mass is 379 g/mol. The number of methoxy groups -OCH3 is 1. The number of sulfonamides is 1. The molecule has 0 saturated carbocycles. The first-order valence-electron chi connectivity index (χ1n) is 7.38. The highest BCUT2D eigenvalue weighted by Crippen LogP contribution is 2.29. The van der Waals surface area contributed by atoms with E-state index in [-0.39, 0.29) is 16.3 Å². The molecule has 0 aromatic heterocycles. The van der Waals surface area contributed by atoms with E-state index in [1.165, 1.54) is 25.3 Å². The van der Waals surface area contributed by atoms with Crippen LogP contribution in [0.3, 0.4) is 0 Å². The molecule has 1 atom stereocenters. The fraction of sp³-hybridized carbons (Fsp3) is 0.188. The third kappa shape index (κ3) is 4.85. The summed E-state index contributed by atoms with van der Waals surface area (Å²) in [5.41, 5.74) is 0.808. The first-order valence-corrected chi connectivity index (χ1v) is 8.86. The summed E-state index contributed by atoms with van der Waals surface area (Å²) in [5.74, 6) is -1.51. The summed E-state index contributed by atoms with van der Waals surface area (Å²) in [4.78, 5) is 10.7. The number of aliphatic carboxylic acids is 1. The van der Waals surface area contributed by atoms with Crippen molar-refractivity contribution in [3.8, 4) is 5.75 Å². The first-order chi connectivity index (χ1) is 12.4. The molecule has 0 saturated heterocycles. The quantitative estimate of drug-likeness (QED) is 0.598. The number of rotatable bonds is 8. The van der Waals surface area contributed by atoms with E-state index >= 15 is 0 Å². The average Bonchev–Trinajstić information content (AvgIpc) is 2.64. The van der Waals surface area contributed by atoms with Gasteiger partial charge in [0.2, 0.25) is 10.0 Å². The smallest absolute Gasteiger partial charge is 0.324 e. The Morgan fingerprint density at radius 1 is 1.15 bits per heavy atom. The summed E-state index contributed by atoms with van der Waals surface area (Å²) in [7, 11) is -3.00. The van der Waals surface area contributed by atoms with Crippen molar-refractivity contribution in [2.24, 2.45) is 10.2 Å². The number of nitrogens with one attached hydrogen (secondary N) is 1.